The van der Waals surface area contributed by atoms with Crippen molar-refractivity contribution in [2.75, 3.05) is 0 Å². The highest BCUT2D eigenvalue weighted by atomic mass is 35.5. The number of carbonyl (C=O) groups excluding carboxylic acids is 1. The van der Waals surface area contributed by atoms with Gasteiger partial charge < -0.3 is 0 Å². The molecule has 1 aromatic carbocycles. The van der Waals surface area contributed by atoms with E-state index < -0.39 is 0 Å². The van der Waals surface area contributed by atoms with Gasteiger partial charge in [0.1, 0.15) is 0 Å². The molecule has 92 valence electrons. The highest BCUT2D eigenvalue weighted by Crippen LogP contribution is 2.19. The van der Waals surface area contributed by atoms with Crippen molar-refractivity contribution >= 4 is 17.4 Å². The highest BCUT2D eigenvalue weighted by Gasteiger charge is 2.11. The van der Waals surface area contributed by atoms with Crippen LogP contribution in [0.15, 0.2) is 36.5 Å². The van der Waals surface area contributed by atoms with Gasteiger partial charge in [0, 0.05) is 17.5 Å². The normalized spacial score (nSPS) is 10.4. The number of ketones is 1. The van der Waals surface area contributed by atoms with Crippen molar-refractivity contribution in [3.63, 3.8) is 0 Å². The molecule has 0 N–H and O–H groups in total. The predicted molar refractivity (Wildman–Crippen MR) is 73.2 cm³/mol. The average molecular weight is 260 g/mol. The second kappa shape index (κ2) is 5.32. The maximum atomic E-state index is 12.1. The van der Waals surface area contributed by atoms with Gasteiger partial charge in [-0.15, -0.1) is 0 Å². The molecule has 1 aromatic heterocycles. The Bertz CT molecular complexity index is 576. The number of Topliss-reactive ketones (excluding diaryl/α,β-unsaturated/α-hetero) is 1. The zero-order valence-electron chi connectivity index (χ0n) is 10.4. The third kappa shape index (κ3) is 2.96. The summed E-state index contributed by atoms with van der Waals surface area (Å²) in [5, 5.41) is 0.507. The van der Waals surface area contributed by atoms with E-state index in [1.165, 1.54) is 0 Å². The number of rotatable bonds is 3. The van der Waals surface area contributed by atoms with Crippen molar-refractivity contribution in [3.05, 3.63) is 63.9 Å². The number of pyridine rings is 1. The van der Waals surface area contributed by atoms with Gasteiger partial charge in [0.15, 0.2) is 5.78 Å². The molecule has 0 saturated carbocycles. The molecule has 0 aliphatic rings. The van der Waals surface area contributed by atoms with Gasteiger partial charge in [-0.25, -0.2) is 0 Å². The van der Waals surface area contributed by atoms with E-state index in [0.29, 0.717) is 10.6 Å². The summed E-state index contributed by atoms with van der Waals surface area (Å²) in [5.74, 6) is -0.00338. The van der Waals surface area contributed by atoms with E-state index in [1.807, 2.05) is 32.0 Å². The molecular weight excluding hydrogens is 246 g/mol. The topological polar surface area (TPSA) is 30.0 Å². The van der Waals surface area contributed by atoms with Crippen LogP contribution in [0.5, 0.6) is 0 Å². The minimum absolute atomic E-state index is 0.00338. The van der Waals surface area contributed by atoms with E-state index in [1.54, 1.807) is 18.3 Å². The Morgan fingerprint density at radius 2 is 1.89 bits per heavy atom. The lowest BCUT2D eigenvalue weighted by atomic mass is 10.0. The standard InChI is InChI=1S/C15H14ClNO/c1-10-4-6-13(14(16)7-10)15(18)8-12-5-3-11(2)9-17-12/h3-7,9H,8H2,1-2H3. The van der Waals surface area contributed by atoms with Gasteiger partial charge in [-0.05, 0) is 43.2 Å². The average Bonchev–Trinajstić information content (AvgIpc) is 2.32. The van der Waals surface area contributed by atoms with Crippen LogP contribution < -0.4 is 0 Å². The molecule has 0 amide bonds. The van der Waals surface area contributed by atoms with Crippen LogP contribution in [0.25, 0.3) is 0 Å². The molecule has 0 radical (unpaired) electrons. The summed E-state index contributed by atoms with van der Waals surface area (Å²) in [6, 6.07) is 9.29. The van der Waals surface area contributed by atoms with Gasteiger partial charge in [0.25, 0.3) is 0 Å². The molecule has 18 heavy (non-hydrogen) atoms. The minimum atomic E-state index is -0.00338. The lowest BCUT2D eigenvalue weighted by Crippen LogP contribution is -2.06. The molecule has 0 saturated heterocycles. The van der Waals surface area contributed by atoms with E-state index in [4.69, 9.17) is 11.6 Å². The summed E-state index contributed by atoms with van der Waals surface area (Å²) in [7, 11) is 0. The van der Waals surface area contributed by atoms with Crippen molar-refractivity contribution in [3.8, 4) is 0 Å². The van der Waals surface area contributed by atoms with Crippen LogP contribution in [0.2, 0.25) is 5.02 Å². The Morgan fingerprint density at radius 1 is 1.17 bits per heavy atom. The molecule has 3 heteroatoms. The Morgan fingerprint density at radius 3 is 2.50 bits per heavy atom. The van der Waals surface area contributed by atoms with Crippen molar-refractivity contribution < 1.29 is 4.79 Å². The maximum Gasteiger partial charge on any atom is 0.170 e. The zero-order valence-corrected chi connectivity index (χ0v) is 11.2. The van der Waals surface area contributed by atoms with E-state index in [0.717, 1.165) is 16.8 Å². The second-order valence-corrected chi connectivity index (χ2v) is 4.82. The summed E-state index contributed by atoms with van der Waals surface area (Å²) in [5.41, 5.74) is 3.46. The fourth-order valence-electron chi connectivity index (χ4n) is 1.71. The molecule has 0 unspecified atom stereocenters. The summed E-state index contributed by atoms with van der Waals surface area (Å²) >= 11 is 6.07. The van der Waals surface area contributed by atoms with Crippen LogP contribution in [0, 0.1) is 13.8 Å². The number of benzene rings is 1. The monoisotopic (exact) mass is 259 g/mol. The largest absolute Gasteiger partial charge is 0.294 e. The molecule has 1 heterocycles. The summed E-state index contributed by atoms with van der Waals surface area (Å²) in [6.07, 6.45) is 2.04. The first kappa shape index (κ1) is 12.8. The molecule has 0 fully saturated rings. The summed E-state index contributed by atoms with van der Waals surface area (Å²) in [4.78, 5) is 16.3. The molecule has 2 nitrogen and oxygen atoms in total. The Hall–Kier alpha value is -1.67. The van der Waals surface area contributed by atoms with E-state index in [-0.39, 0.29) is 12.2 Å². The van der Waals surface area contributed by atoms with E-state index in [9.17, 15) is 4.79 Å². The summed E-state index contributed by atoms with van der Waals surface area (Å²) in [6.45, 7) is 3.91. The van der Waals surface area contributed by atoms with Crippen molar-refractivity contribution in [2.45, 2.75) is 20.3 Å². The number of aromatic nitrogens is 1. The molecule has 0 aliphatic heterocycles. The van der Waals surface area contributed by atoms with Crippen molar-refractivity contribution in [2.24, 2.45) is 0 Å². The van der Waals surface area contributed by atoms with Gasteiger partial charge in [-0.1, -0.05) is 23.7 Å². The van der Waals surface area contributed by atoms with Crippen LogP contribution in [-0.2, 0) is 6.42 Å². The Balaban J connectivity index is 2.19. The predicted octanol–water partition coefficient (Wildman–Crippen LogP) is 3.78. The number of hydrogen-bond acceptors (Lipinski definition) is 2. The van der Waals surface area contributed by atoms with Crippen LogP contribution in [0.4, 0.5) is 0 Å². The quantitative estimate of drug-likeness (QED) is 0.786. The zero-order chi connectivity index (χ0) is 13.1. The van der Waals surface area contributed by atoms with E-state index >= 15 is 0 Å². The smallest absolute Gasteiger partial charge is 0.170 e. The molecule has 0 atom stereocenters. The van der Waals surface area contributed by atoms with Gasteiger partial charge >= 0.3 is 0 Å². The molecular formula is C15H14ClNO. The number of nitrogens with zero attached hydrogens (tertiary/aromatic N) is 1. The first-order chi connectivity index (χ1) is 8.56. The second-order valence-electron chi connectivity index (χ2n) is 4.41. The summed E-state index contributed by atoms with van der Waals surface area (Å²) < 4.78 is 0. The fraction of sp³-hybridized carbons (Fsp3) is 0.200. The van der Waals surface area contributed by atoms with Gasteiger partial charge in [0.05, 0.1) is 11.4 Å². The molecule has 0 aliphatic carbocycles. The van der Waals surface area contributed by atoms with E-state index in [2.05, 4.69) is 4.98 Å². The van der Waals surface area contributed by atoms with Crippen LogP contribution in [-0.4, -0.2) is 10.8 Å². The molecule has 0 spiro atoms. The number of carbonyl (C=O) groups is 1. The number of aryl methyl sites for hydroxylation is 2. The third-order valence-electron chi connectivity index (χ3n) is 2.74. The highest BCUT2D eigenvalue weighted by molar-refractivity contribution is 6.34. The van der Waals surface area contributed by atoms with Gasteiger partial charge in [-0.3, -0.25) is 9.78 Å². The first-order valence-electron chi connectivity index (χ1n) is 5.77. The molecule has 2 rings (SSSR count). The maximum absolute atomic E-state index is 12.1. The van der Waals surface area contributed by atoms with Gasteiger partial charge in [-0.2, -0.15) is 0 Å². The lowest BCUT2D eigenvalue weighted by molar-refractivity contribution is 0.0992. The third-order valence-corrected chi connectivity index (χ3v) is 3.05. The first-order valence-corrected chi connectivity index (χ1v) is 6.15. The SMILES string of the molecule is Cc1ccc(CC(=O)c2ccc(C)cc2Cl)nc1. The minimum Gasteiger partial charge on any atom is -0.294 e. The lowest BCUT2D eigenvalue weighted by Gasteiger charge is -2.04. The Kier molecular flexibility index (Phi) is 3.78. The van der Waals surface area contributed by atoms with Gasteiger partial charge in [0.2, 0.25) is 0 Å². The van der Waals surface area contributed by atoms with Crippen LogP contribution in [0.1, 0.15) is 27.2 Å². The fourth-order valence-corrected chi connectivity index (χ4v) is 2.05. The Labute approximate surface area is 112 Å². The van der Waals surface area contributed by atoms with Crippen molar-refractivity contribution in [1.29, 1.82) is 0 Å². The molecule has 0 bridgehead atoms. The van der Waals surface area contributed by atoms with Crippen LogP contribution >= 0.6 is 11.6 Å². The number of hydrogen-bond donors (Lipinski definition) is 0. The van der Waals surface area contributed by atoms with Crippen molar-refractivity contribution in [1.82, 2.24) is 4.98 Å². The van der Waals surface area contributed by atoms with Crippen LogP contribution in [0.3, 0.4) is 0 Å². The molecule has 2 aromatic rings. The number of halogens is 1.